The number of piperidine rings is 1. The van der Waals surface area contributed by atoms with E-state index >= 15 is 0 Å². The van der Waals surface area contributed by atoms with Crippen molar-refractivity contribution in [1.82, 2.24) is 4.90 Å². The molecule has 1 saturated heterocycles. The second-order valence-electron chi connectivity index (χ2n) is 4.80. The Morgan fingerprint density at radius 1 is 1.50 bits per heavy atom. The molecule has 1 atom stereocenters. The van der Waals surface area contributed by atoms with Crippen molar-refractivity contribution in [3.8, 4) is 0 Å². The van der Waals surface area contributed by atoms with Gasteiger partial charge in [0, 0.05) is 18.3 Å². The summed E-state index contributed by atoms with van der Waals surface area (Å²) in [5.41, 5.74) is 6.83. The van der Waals surface area contributed by atoms with E-state index in [0.717, 1.165) is 25.8 Å². The van der Waals surface area contributed by atoms with Gasteiger partial charge in [-0.25, -0.2) is 0 Å². The SMILES string of the molecule is CC[C@@H]1CCCCN1C(=O)c1cc(N)ccc1Cl. The third-order valence-corrected chi connectivity index (χ3v) is 3.91. The zero-order valence-corrected chi connectivity index (χ0v) is 11.4. The Bertz CT molecular complexity index is 447. The summed E-state index contributed by atoms with van der Waals surface area (Å²) in [5, 5.41) is 0.481. The minimum Gasteiger partial charge on any atom is -0.399 e. The molecule has 0 unspecified atom stereocenters. The van der Waals surface area contributed by atoms with Crippen LogP contribution >= 0.6 is 11.6 Å². The Morgan fingerprint density at radius 3 is 3.00 bits per heavy atom. The van der Waals surface area contributed by atoms with E-state index < -0.39 is 0 Å². The summed E-state index contributed by atoms with van der Waals surface area (Å²) in [6, 6.07) is 5.41. The van der Waals surface area contributed by atoms with Crippen molar-refractivity contribution in [2.75, 3.05) is 12.3 Å². The first-order valence-electron chi connectivity index (χ1n) is 6.49. The second-order valence-corrected chi connectivity index (χ2v) is 5.20. The van der Waals surface area contributed by atoms with Crippen molar-refractivity contribution in [3.63, 3.8) is 0 Å². The molecule has 1 aromatic carbocycles. The number of carbonyl (C=O) groups is 1. The maximum absolute atomic E-state index is 12.5. The van der Waals surface area contributed by atoms with Crippen LogP contribution in [-0.4, -0.2) is 23.4 Å². The minimum absolute atomic E-state index is 0.0128. The van der Waals surface area contributed by atoms with E-state index in [2.05, 4.69) is 6.92 Å². The molecule has 3 nitrogen and oxygen atoms in total. The number of amides is 1. The van der Waals surface area contributed by atoms with Gasteiger partial charge in [-0.15, -0.1) is 0 Å². The van der Waals surface area contributed by atoms with Crippen LogP contribution in [0.3, 0.4) is 0 Å². The lowest BCUT2D eigenvalue weighted by molar-refractivity contribution is 0.0608. The van der Waals surface area contributed by atoms with Gasteiger partial charge in [-0.1, -0.05) is 18.5 Å². The normalized spacial score (nSPS) is 19.9. The zero-order chi connectivity index (χ0) is 13.1. The summed E-state index contributed by atoms with van der Waals surface area (Å²) >= 11 is 6.10. The van der Waals surface area contributed by atoms with Gasteiger partial charge in [0.2, 0.25) is 0 Å². The first-order chi connectivity index (χ1) is 8.63. The number of halogens is 1. The number of rotatable bonds is 2. The van der Waals surface area contributed by atoms with Crippen molar-refractivity contribution >= 4 is 23.2 Å². The van der Waals surface area contributed by atoms with E-state index in [0.29, 0.717) is 22.3 Å². The van der Waals surface area contributed by atoms with Gasteiger partial charge in [0.25, 0.3) is 5.91 Å². The Morgan fingerprint density at radius 2 is 2.28 bits per heavy atom. The molecule has 1 heterocycles. The molecule has 2 rings (SSSR count). The fourth-order valence-corrected chi connectivity index (χ4v) is 2.75. The lowest BCUT2D eigenvalue weighted by atomic mass is 9.99. The van der Waals surface area contributed by atoms with Gasteiger partial charge in [-0.05, 0) is 43.9 Å². The first-order valence-corrected chi connectivity index (χ1v) is 6.87. The van der Waals surface area contributed by atoms with Crippen LogP contribution in [-0.2, 0) is 0 Å². The number of hydrogen-bond donors (Lipinski definition) is 1. The molecule has 0 aromatic heterocycles. The summed E-state index contributed by atoms with van der Waals surface area (Å²) < 4.78 is 0. The number of benzene rings is 1. The van der Waals surface area contributed by atoms with E-state index in [1.165, 1.54) is 6.42 Å². The number of hydrogen-bond acceptors (Lipinski definition) is 2. The Balaban J connectivity index is 2.26. The summed E-state index contributed by atoms with van der Waals surface area (Å²) in [5.74, 6) is 0.0128. The van der Waals surface area contributed by atoms with E-state index in [1.54, 1.807) is 18.2 Å². The molecular weight excluding hydrogens is 248 g/mol. The lowest BCUT2D eigenvalue weighted by Crippen LogP contribution is -2.43. The summed E-state index contributed by atoms with van der Waals surface area (Å²) in [7, 11) is 0. The van der Waals surface area contributed by atoms with Gasteiger partial charge in [0.05, 0.1) is 10.6 Å². The topological polar surface area (TPSA) is 46.3 Å². The van der Waals surface area contributed by atoms with Crippen LogP contribution in [0.5, 0.6) is 0 Å². The van der Waals surface area contributed by atoms with Gasteiger partial charge >= 0.3 is 0 Å². The van der Waals surface area contributed by atoms with Crippen LogP contribution in [0.25, 0.3) is 0 Å². The molecule has 0 aliphatic carbocycles. The monoisotopic (exact) mass is 266 g/mol. The predicted octanol–water partition coefficient (Wildman–Crippen LogP) is 3.33. The quantitative estimate of drug-likeness (QED) is 0.835. The van der Waals surface area contributed by atoms with Crippen molar-refractivity contribution in [3.05, 3.63) is 28.8 Å². The first kappa shape index (κ1) is 13.2. The highest BCUT2D eigenvalue weighted by Crippen LogP contribution is 2.26. The van der Waals surface area contributed by atoms with Crippen molar-refractivity contribution in [1.29, 1.82) is 0 Å². The summed E-state index contributed by atoms with van der Waals surface area (Å²) in [4.78, 5) is 14.5. The van der Waals surface area contributed by atoms with Crippen LogP contribution in [0, 0.1) is 0 Å². The highest BCUT2D eigenvalue weighted by molar-refractivity contribution is 6.34. The molecule has 1 amide bonds. The molecule has 1 aliphatic rings. The molecular formula is C14H19ClN2O. The van der Waals surface area contributed by atoms with E-state index in [-0.39, 0.29) is 5.91 Å². The second kappa shape index (κ2) is 5.61. The molecule has 18 heavy (non-hydrogen) atoms. The molecule has 98 valence electrons. The Kier molecular flexibility index (Phi) is 4.12. The molecule has 1 fully saturated rings. The number of likely N-dealkylation sites (tertiary alicyclic amines) is 1. The number of carbonyl (C=O) groups excluding carboxylic acids is 1. The van der Waals surface area contributed by atoms with Crippen molar-refractivity contribution in [2.24, 2.45) is 0 Å². The number of anilines is 1. The van der Waals surface area contributed by atoms with Crippen LogP contribution in [0.1, 0.15) is 43.0 Å². The van der Waals surface area contributed by atoms with Crippen LogP contribution in [0.4, 0.5) is 5.69 Å². The lowest BCUT2D eigenvalue weighted by Gasteiger charge is -2.35. The molecule has 4 heteroatoms. The highest BCUT2D eigenvalue weighted by atomic mass is 35.5. The largest absolute Gasteiger partial charge is 0.399 e. The predicted molar refractivity (Wildman–Crippen MR) is 74.8 cm³/mol. The third kappa shape index (κ3) is 2.61. The van der Waals surface area contributed by atoms with Crippen LogP contribution in [0.2, 0.25) is 5.02 Å². The number of nitrogens with zero attached hydrogens (tertiary/aromatic N) is 1. The van der Waals surface area contributed by atoms with E-state index in [9.17, 15) is 4.79 Å². The molecule has 0 bridgehead atoms. The maximum atomic E-state index is 12.5. The number of nitrogens with two attached hydrogens (primary N) is 1. The average Bonchev–Trinajstić information content (AvgIpc) is 2.40. The van der Waals surface area contributed by atoms with Gasteiger partial charge in [-0.2, -0.15) is 0 Å². The summed E-state index contributed by atoms with van der Waals surface area (Å²) in [6.07, 6.45) is 4.35. The maximum Gasteiger partial charge on any atom is 0.255 e. The Hall–Kier alpha value is -1.22. The number of nitrogen functional groups attached to an aromatic ring is 1. The highest BCUT2D eigenvalue weighted by Gasteiger charge is 2.27. The third-order valence-electron chi connectivity index (χ3n) is 3.58. The standard InChI is InChI=1S/C14H19ClN2O/c1-2-11-5-3-4-8-17(11)14(18)12-9-10(16)6-7-13(12)15/h6-7,9,11H,2-5,8,16H2,1H3/t11-/m1/s1. The molecule has 1 aliphatic heterocycles. The fourth-order valence-electron chi connectivity index (χ4n) is 2.55. The van der Waals surface area contributed by atoms with Crippen LogP contribution < -0.4 is 5.73 Å². The van der Waals surface area contributed by atoms with Gasteiger partial charge in [0.1, 0.15) is 0 Å². The zero-order valence-electron chi connectivity index (χ0n) is 10.7. The minimum atomic E-state index is 0.0128. The van der Waals surface area contributed by atoms with E-state index in [4.69, 9.17) is 17.3 Å². The summed E-state index contributed by atoms with van der Waals surface area (Å²) in [6.45, 7) is 2.94. The van der Waals surface area contributed by atoms with Gasteiger partial charge in [-0.3, -0.25) is 4.79 Å². The fraction of sp³-hybridized carbons (Fsp3) is 0.500. The van der Waals surface area contributed by atoms with E-state index in [1.807, 2.05) is 4.90 Å². The van der Waals surface area contributed by atoms with Crippen molar-refractivity contribution < 1.29 is 4.79 Å². The van der Waals surface area contributed by atoms with Crippen molar-refractivity contribution in [2.45, 2.75) is 38.6 Å². The smallest absolute Gasteiger partial charge is 0.255 e. The molecule has 0 radical (unpaired) electrons. The molecule has 0 saturated carbocycles. The molecule has 1 aromatic rings. The van der Waals surface area contributed by atoms with Crippen LogP contribution in [0.15, 0.2) is 18.2 Å². The Labute approximate surface area is 113 Å². The van der Waals surface area contributed by atoms with Gasteiger partial charge in [0.15, 0.2) is 0 Å². The molecule has 0 spiro atoms. The molecule has 2 N–H and O–H groups in total. The van der Waals surface area contributed by atoms with Gasteiger partial charge < -0.3 is 10.6 Å². The average molecular weight is 267 g/mol.